The Bertz CT molecular complexity index is 239. The van der Waals surface area contributed by atoms with E-state index in [-0.39, 0.29) is 0 Å². The summed E-state index contributed by atoms with van der Waals surface area (Å²) in [6.45, 7) is 9.99. The lowest BCUT2D eigenvalue weighted by Crippen LogP contribution is -2.16. The quantitative estimate of drug-likeness (QED) is 0.513. The molecular weight excluding hydrogens is 200 g/mol. The molecule has 1 aliphatic rings. The maximum Gasteiger partial charge on any atom is 0.129 e. The molecule has 1 fully saturated rings. The van der Waals surface area contributed by atoms with Crippen LogP contribution in [-0.2, 0) is 4.74 Å². The van der Waals surface area contributed by atoms with E-state index >= 15 is 0 Å². The standard InChI is InChI=1S/C13H24OSi/c1-12(14-11-13-8-9-13)7-5-6-10-15(2,3)4/h12-13H,5,7-9,11H2,1-4H3. The Morgan fingerprint density at radius 1 is 1.33 bits per heavy atom. The van der Waals surface area contributed by atoms with Crippen molar-refractivity contribution in [2.24, 2.45) is 5.92 Å². The van der Waals surface area contributed by atoms with E-state index in [0.717, 1.165) is 25.4 Å². The Balaban J connectivity index is 2.04. The van der Waals surface area contributed by atoms with E-state index in [0.29, 0.717) is 6.10 Å². The van der Waals surface area contributed by atoms with E-state index in [1.165, 1.54) is 12.8 Å². The molecule has 0 N–H and O–H groups in total. The third kappa shape index (κ3) is 7.64. The first-order valence-corrected chi connectivity index (χ1v) is 9.59. The molecule has 0 bridgehead atoms. The van der Waals surface area contributed by atoms with Gasteiger partial charge in [-0.15, -0.1) is 11.5 Å². The summed E-state index contributed by atoms with van der Waals surface area (Å²) in [4.78, 5) is 0. The maximum absolute atomic E-state index is 5.74. The summed E-state index contributed by atoms with van der Waals surface area (Å²) in [5.41, 5.74) is 3.39. The first-order chi connectivity index (χ1) is 6.97. The molecule has 0 aromatic rings. The Morgan fingerprint density at radius 3 is 2.53 bits per heavy atom. The Morgan fingerprint density at radius 2 is 2.00 bits per heavy atom. The van der Waals surface area contributed by atoms with Gasteiger partial charge in [-0.2, -0.15) is 0 Å². The Hall–Kier alpha value is -0.263. The van der Waals surface area contributed by atoms with Crippen LogP contribution < -0.4 is 0 Å². The second kappa shape index (κ2) is 5.72. The molecule has 0 aliphatic heterocycles. The van der Waals surface area contributed by atoms with Crippen LogP contribution in [0.25, 0.3) is 0 Å². The molecular formula is C13H24OSi. The highest BCUT2D eigenvalue weighted by Crippen LogP contribution is 2.29. The minimum absolute atomic E-state index is 0.390. The average Bonchev–Trinajstić information content (AvgIpc) is 2.91. The fourth-order valence-electron chi connectivity index (χ4n) is 1.27. The molecule has 0 saturated heterocycles. The van der Waals surface area contributed by atoms with Gasteiger partial charge in [0, 0.05) is 13.0 Å². The predicted molar refractivity (Wildman–Crippen MR) is 68.5 cm³/mol. The second-order valence-corrected chi connectivity index (χ2v) is 10.4. The number of hydrogen-bond acceptors (Lipinski definition) is 1. The molecule has 1 unspecified atom stereocenters. The molecule has 0 heterocycles. The van der Waals surface area contributed by atoms with Crippen molar-refractivity contribution in [3.63, 3.8) is 0 Å². The van der Waals surface area contributed by atoms with Crippen LogP contribution in [0.3, 0.4) is 0 Å². The van der Waals surface area contributed by atoms with Gasteiger partial charge in [0.05, 0.1) is 6.10 Å². The van der Waals surface area contributed by atoms with E-state index in [2.05, 4.69) is 38.0 Å². The van der Waals surface area contributed by atoms with Gasteiger partial charge in [-0.3, -0.25) is 0 Å². The topological polar surface area (TPSA) is 9.23 Å². The average molecular weight is 224 g/mol. The van der Waals surface area contributed by atoms with Gasteiger partial charge in [0.2, 0.25) is 0 Å². The van der Waals surface area contributed by atoms with Crippen molar-refractivity contribution >= 4 is 8.07 Å². The molecule has 1 rings (SSSR count). The molecule has 1 saturated carbocycles. The summed E-state index contributed by atoms with van der Waals surface area (Å²) in [5, 5.41) is 0. The Labute approximate surface area is 95.6 Å². The van der Waals surface area contributed by atoms with Crippen LogP contribution in [0.15, 0.2) is 0 Å². The zero-order valence-electron chi connectivity index (χ0n) is 10.6. The Kier molecular flexibility index (Phi) is 4.88. The van der Waals surface area contributed by atoms with Crippen LogP contribution in [0, 0.1) is 17.4 Å². The fourth-order valence-corrected chi connectivity index (χ4v) is 1.93. The van der Waals surface area contributed by atoms with Crippen molar-refractivity contribution in [3.05, 3.63) is 0 Å². The molecule has 0 aromatic heterocycles. The van der Waals surface area contributed by atoms with E-state index in [1.807, 2.05) is 0 Å². The van der Waals surface area contributed by atoms with E-state index < -0.39 is 8.07 Å². The molecule has 2 heteroatoms. The molecule has 0 radical (unpaired) electrons. The van der Waals surface area contributed by atoms with Gasteiger partial charge in [-0.05, 0) is 32.1 Å². The third-order valence-electron chi connectivity index (χ3n) is 2.45. The van der Waals surface area contributed by atoms with E-state index in [1.54, 1.807) is 0 Å². The monoisotopic (exact) mass is 224 g/mol. The number of rotatable bonds is 5. The summed E-state index contributed by atoms with van der Waals surface area (Å²) < 4.78 is 5.74. The summed E-state index contributed by atoms with van der Waals surface area (Å²) >= 11 is 0. The van der Waals surface area contributed by atoms with Gasteiger partial charge in [0.25, 0.3) is 0 Å². The lowest BCUT2D eigenvalue weighted by Gasteiger charge is -2.10. The van der Waals surface area contributed by atoms with Crippen LogP contribution >= 0.6 is 0 Å². The SMILES string of the molecule is CC(CCC#C[Si](C)(C)C)OCC1CC1. The van der Waals surface area contributed by atoms with Gasteiger partial charge in [-0.25, -0.2) is 0 Å². The van der Waals surface area contributed by atoms with Crippen LogP contribution in [0.4, 0.5) is 0 Å². The molecule has 1 atom stereocenters. The van der Waals surface area contributed by atoms with Crippen molar-refractivity contribution in [2.45, 2.75) is 58.4 Å². The van der Waals surface area contributed by atoms with Crippen molar-refractivity contribution in [1.82, 2.24) is 0 Å². The highest BCUT2D eigenvalue weighted by molar-refractivity contribution is 6.83. The van der Waals surface area contributed by atoms with Gasteiger partial charge in [-0.1, -0.05) is 19.6 Å². The zero-order valence-corrected chi connectivity index (χ0v) is 11.6. The van der Waals surface area contributed by atoms with E-state index in [4.69, 9.17) is 4.74 Å². The summed E-state index contributed by atoms with van der Waals surface area (Å²) in [6.07, 6.45) is 5.23. The van der Waals surface area contributed by atoms with Gasteiger partial charge >= 0.3 is 0 Å². The summed E-state index contributed by atoms with van der Waals surface area (Å²) in [7, 11) is -1.16. The molecule has 86 valence electrons. The lowest BCUT2D eigenvalue weighted by atomic mass is 10.2. The van der Waals surface area contributed by atoms with Crippen molar-refractivity contribution in [2.75, 3.05) is 6.61 Å². The summed E-state index contributed by atoms with van der Waals surface area (Å²) in [5.74, 6) is 4.17. The highest BCUT2D eigenvalue weighted by Gasteiger charge is 2.21. The predicted octanol–water partition coefficient (Wildman–Crippen LogP) is 3.46. The minimum atomic E-state index is -1.16. The van der Waals surface area contributed by atoms with Gasteiger partial charge < -0.3 is 4.74 Å². The van der Waals surface area contributed by atoms with E-state index in [9.17, 15) is 0 Å². The molecule has 1 aliphatic carbocycles. The molecule has 0 aromatic carbocycles. The molecule has 0 spiro atoms. The number of hydrogen-bond donors (Lipinski definition) is 0. The largest absolute Gasteiger partial charge is 0.378 e. The summed E-state index contributed by atoms with van der Waals surface area (Å²) in [6, 6.07) is 0. The van der Waals surface area contributed by atoms with Gasteiger partial charge in [0.15, 0.2) is 0 Å². The third-order valence-corrected chi connectivity index (χ3v) is 3.38. The first kappa shape index (κ1) is 12.8. The van der Waals surface area contributed by atoms with Gasteiger partial charge in [0.1, 0.15) is 8.07 Å². The first-order valence-electron chi connectivity index (χ1n) is 6.09. The fraction of sp³-hybridized carbons (Fsp3) is 0.846. The minimum Gasteiger partial charge on any atom is -0.378 e. The zero-order chi connectivity index (χ0) is 11.3. The van der Waals surface area contributed by atoms with Crippen LogP contribution in [0.2, 0.25) is 19.6 Å². The van der Waals surface area contributed by atoms with Crippen LogP contribution in [0.5, 0.6) is 0 Å². The lowest BCUT2D eigenvalue weighted by molar-refractivity contribution is 0.0539. The highest BCUT2D eigenvalue weighted by atomic mass is 28.3. The van der Waals surface area contributed by atoms with Crippen molar-refractivity contribution in [1.29, 1.82) is 0 Å². The van der Waals surface area contributed by atoms with Crippen LogP contribution in [0.1, 0.15) is 32.6 Å². The van der Waals surface area contributed by atoms with Crippen molar-refractivity contribution in [3.8, 4) is 11.5 Å². The normalized spacial score (nSPS) is 18.1. The second-order valence-electron chi connectivity index (χ2n) is 5.68. The molecule has 1 nitrogen and oxygen atoms in total. The van der Waals surface area contributed by atoms with Crippen LogP contribution in [-0.4, -0.2) is 20.8 Å². The maximum atomic E-state index is 5.74. The smallest absolute Gasteiger partial charge is 0.129 e. The molecule has 15 heavy (non-hydrogen) atoms. The van der Waals surface area contributed by atoms with Crippen molar-refractivity contribution < 1.29 is 4.74 Å². The number of ether oxygens (including phenoxy) is 1. The molecule has 0 amide bonds.